The predicted octanol–water partition coefficient (Wildman–Crippen LogP) is 2.56. The monoisotopic (exact) mass is 263 g/mol. The second kappa shape index (κ2) is 7.14. The van der Waals surface area contributed by atoms with Crippen molar-refractivity contribution < 1.29 is 14.6 Å². The minimum absolute atomic E-state index is 0.184. The first-order chi connectivity index (χ1) is 9.31. The molecule has 0 radical (unpaired) electrons. The molecular weight excluding hydrogens is 242 g/mol. The first-order valence-electron chi connectivity index (χ1n) is 6.89. The fraction of sp³-hybridized carbons (Fsp3) is 0.533. The normalized spacial score (nSPS) is 18.6. The molecule has 0 aliphatic carbocycles. The fourth-order valence-electron chi connectivity index (χ4n) is 2.51. The molecule has 4 nitrogen and oxygen atoms in total. The minimum Gasteiger partial charge on any atom is -0.445 e. The summed E-state index contributed by atoms with van der Waals surface area (Å²) < 4.78 is 5.35. The number of benzene rings is 1. The first kappa shape index (κ1) is 13.9. The lowest BCUT2D eigenvalue weighted by Crippen LogP contribution is -2.36. The van der Waals surface area contributed by atoms with Crippen molar-refractivity contribution in [3.63, 3.8) is 0 Å². The van der Waals surface area contributed by atoms with Crippen molar-refractivity contribution in [1.82, 2.24) is 4.90 Å². The lowest BCUT2D eigenvalue weighted by molar-refractivity contribution is 0.0895. The predicted molar refractivity (Wildman–Crippen MR) is 72.7 cm³/mol. The number of ether oxygens (including phenoxy) is 1. The summed E-state index contributed by atoms with van der Waals surface area (Å²) in [6.45, 7) is 1.27. The van der Waals surface area contributed by atoms with Crippen molar-refractivity contribution in [1.29, 1.82) is 0 Å². The number of aliphatic hydroxyl groups excluding tert-OH is 1. The lowest BCUT2D eigenvalue weighted by atomic mass is 10.1. The number of hydrogen-bond acceptors (Lipinski definition) is 3. The van der Waals surface area contributed by atoms with Crippen molar-refractivity contribution in [3.05, 3.63) is 35.9 Å². The summed E-state index contributed by atoms with van der Waals surface area (Å²) >= 11 is 0. The van der Waals surface area contributed by atoms with Gasteiger partial charge in [0.2, 0.25) is 0 Å². The molecule has 1 aliphatic heterocycles. The van der Waals surface area contributed by atoms with Gasteiger partial charge in [0.05, 0.1) is 0 Å². The Labute approximate surface area is 114 Å². The molecule has 1 aliphatic rings. The summed E-state index contributed by atoms with van der Waals surface area (Å²) in [7, 11) is 0. The number of amides is 1. The van der Waals surface area contributed by atoms with Gasteiger partial charge in [0.1, 0.15) is 6.61 Å². The summed E-state index contributed by atoms with van der Waals surface area (Å²) in [6, 6.07) is 9.93. The van der Waals surface area contributed by atoms with Crippen LogP contribution in [0.15, 0.2) is 30.3 Å². The molecule has 4 heteroatoms. The van der Waals surface area contributed by atoms with E-state index in [-0.39, 0.29) is 18.7 Å². The van der Waals surface area contributed by atoms with Crippen LogP contribution in [0.3, 0.4) is 0 Å². The Hall–Kier alpha value is -1.55. The standard InChI is InChI=1S/C15H21NO3/c17-11-5-9-14-8-4-10-16(14)15(18)19-12-13-6-2-1-3-7-13/h1-3,6-7,14,17H,4-5,8-12H2/t14-/m0/s1. The Bertz CT molecular complexity index is 394. The highest BCUT2D eigenvalue weighted by Gasteiger charge is 2.29. The molecule has 1 aromatic rings. The molecule has 0 unspecified atom stereocenters. The fourth-order valence-corrected chi connectivity index (χ4v) is 2.51. The molecular formula is C15H21NO3. The zero-order chi connectivity index (χ0) is 13.5. The number of aliphatic hydroxyl groups is 1. The van der Waals surface area contributed by atoms with E-state index in [1.165, 1.54) is 0 Å². The van der Waals surface area contributed by atoms with E-state index in [9.17, 15) is 4.79 Å². The van der Waals surface area contributed by atoms with Crippen LogP contribution in [0.1, 0.15) is 31.2 Å². The van der Waals surface area contributed by atoms with Gasteiger partial charge in [-0.15, -0.1) is 0 Å². The smallest absolute Gasteiger partial charge is 0.410 e. The van der Waals surface area contributed by atoms with E-state index in [4.69, 9.17) is 9.84 Å². The summed E-state index contributed by atoms with van der Waals surface area (Å²) in [5.41, 5.74) is 1.00. The highest BCUT2D eigenvalue weighted by molar-refractivity contribution is 5.68. The van der Waals surface area contributed by atoms with Crippen LogP contribution in [0.5, 0.6) is 0 Å². The van der Waals surface area contributed by atoms with Crippen LogP contribution in [0.4, 0.5) is 4.79 Å². The molecule has 1 atom stereocenters. The van der Waals surface area contributed by atoms with E-state index in [0.29, 0.717) is 6.61 Å². The minimum atomic E-state index is -0.232. The van der Waals surface area contributed by atoms with Crippen molar-refractivity contribution >= 4 is 6.09 Å². The Morgan fingerprint density at radius 2 is 2.16 bits per heavy atom. The van der Waals surface area contributed by atoms with Gasteiger partial charge in [-0.05, 0) is 31.2 Å². The number of hydrogen-bond donors (Lipinski definition) is 1. The molecule has 104 valence electrons. The second-order valence-electron chi connectivity index (χ2n) is 4.90. The number of rotatable bonds is 5. The molecule has 0 aromatic heterocycles. The van der Waals surface area contributed by atoms with E-state index in [2.05, 4.69) is 0 Å². The molecule has 1 N–H and O–H groups in total. The van der Waals surface area contributed by atoms with E-state index >= 15 is 0 Å². The van der Waals surface area contributed by atoms with Gasteiger partial charge < -0.3 is 14.7 Å². The average Bonchev–Trinajstić information content (AvgIpc) is 2.92. The molecule has 19 heavy (non-hydrogen) atoms. The summed E-state index contributed by atoms with van der Waals surface area (Å²) in [4.78, 5) is 13.8. The quantitative estimate of drug-likeness (QED) is 0.888. The van der Waals surface area contributed by atoms with Crippen LogP contribution in [-0.2, 0) is 11.3 Å². The summed E-state index contributed by atoms with van der Waals surface area (Å²) in [5.74, 6) is 0. The van der Waals surface area contributed by atoms with Gasteiger partial charge in [-0.1, -0.05) is 30.3 Å². The van der Waals surface area contributed by atoms with E-state index < -0.39 is 0 Å². The van der Waals surface area contributed by atoms with Crippen molar-refractivity contribution in [3.8, 4) is 0 Å². The molecule has 1 amide bonds. The van der Waals surface area contributed by atoms with Gasteiger partial charge in [0.25, 0.3) is 0 Å². The van der Waals surface area contributed by atoms with E-state index in [0.717, 1.165) is 37.8 Å². The topological polar surface area (TPSA) is 49.8 Å². The SMILES string of the molecule is O=C(OCc1ccccc1)N1CCC[C@H]1CCCO. The third-order valence-electron chi connectivity index (χ3n) is 3.51. The number of likely N-dealkylation sites (tertiary alicyclic amines) is 1. The number of carbonyl (C=O) groups is 1. The first-order valence-corrected chi connectivity index (χ1v) is 6.89. The maximum atomic E-state index is 12.0. The summed E-state index contributed by atoms with van der Waals surface area (Å²) in [5, 5.41) is 8.87. The van der Waals surface area contributed by atoms with Crippen LogP contribution < -0.4 is 0 Å². The Kier molecular flexibility index (Phi) is 5.21. The molecule has 1 fully saturated rings. The van der Waals surface area contributed by atoms with Gasteiger partial charge in [0, 0.05) is 19.2 Å². The maximum Gasteiger partial charge on any atom is 0.410 e. The Balaban J connectivity index is 1.82. The summed E-state index contributed by atoms with van der Waals surface area (Å²) in [6.07, 6.45) is 3.41. The zero-order valence-electron chi connectivity index (χ0n) is 11.1. The Morgan fingerprint density at radius 3 is 2.89 bits per heavy atom. The lowest BCUT2D eigenvalue weighted by Gasteiger charge is -2.23. The molecule has 1 saturated heterocycles. The molecule has 1 heterocycles. The second-order valence-corrected chi connectivity index (χ2v) is 4.90. The van der Waals surface area contributed by atoms with E-state index in [1.54, 1.807) is 4.90 Å². The number of carbonyl (C=O) groups excluding carboxylic acids is 1. The van der Waals surface area contributed by atoms with Crippen LogP contribution in [0.2, 0.25) is 0 Å². The van der Waals surface area contributed by atoms with Crippen molar-refractivity contribution in [2.45, 2.75) is 38.3 Å². The molecule has 2 rings (SSSR count). The molecule has 1 aromatic carbocycles. The largest absolute Gasteiger partial charge is 0.445 e. The van der Waals surface area contributed by atoms with Crippen LogP contribution in [-0.4, -0.2) is 35.3 Å². The molecule has 0 bridgehead atoms. The van der Waals surface area contributed by atoms with Gasteiger partial charge >= 0.3 is 6.09 Å². The third-order valence-corrected chi connectivity index (χ3v) is 3.51. The van der Waals surface area contributed by atoms with Gasteiger partial charge in [-0.25, -0.2) is 4.79 Å². The van der Waals surface area contributed by atoms with Gasteiger partial charge in [-0.3, -0.25) is 0 Å². The Morgan fingerprint density at radius 1 is 1.37 bits per heavy atom. The highest BCUT2D eigenvalue weighted by atomic mass is 16.6. The zero-order valence-corrected chi connectivity index (χ0v) is 11.1. The molecule has 0 spiro atoms. The van der Waals surface area contributed by atoms with Crippen LogP contribution in [0.25, 0.3) is 0 Å². The van der Waals surface area contributed by atoms with Gasteiger partial charge in [0.15, 0.2) is 0 Å². The van der Waals surface area contributed by atoms with Gasteiger partial charge in [-0.2, -0.15) is 0 Å². The third kappa shape index (κ3) is 3.96. The van der Waals surface area contributed by atoms with Crippen molar-refractivity contribution in [2.24, 2.45) is 0 Å². The highest BCUT2D eigenvalue weighted by Crippen LogP contribution is 2.22. The molecule has 0 saturated carbocycles. The van der Waals surface area contributed by atoms with Crippen LogP contribution in [0, 0.1) is 0 Å². The average molecular weight is 263 g/mol. The van der Waals surface area contributed by atoms with Crippen LogP contribution >= 0.6 is 0 Å². The van der Waals surface area contributed by atoms with E-state index in [1.807, 2.05) is 30.3 Å². The van der Waals surface area contributed by atoms with Crippen molar-refractivity contribution in [2.75, 3.05) is 13.2 Å². The number of nitrogens with zero attached hydrogens (tertiary/aromatic N) is 1. The maximum absolute atomic E-state index is 12.0.